The molecule has 0 radical (unpaired) electrons. The molecule has 0 aliphatic rings. The van der Waals surface area contributed by atoms with Crippen molar-refractivity contribution in [2.45, 2.75) is 6.10 Å². The Labute approximate surface area is 113 Å². The van der Waals surface area contributed by atoms with Gasteiger partial charge >= 0.3 is 0 Å². The fourth-order valence-corrected chi connectivity index (χ4v) is 2.94. The van der Waals surface area contributed by atoms with Gasteiger partial charge in [-0.2, -0.15) is 0 Å². The van der Waals surface area contributed by atoms with Crippen LogP contribution in [0.25, 0.3) is 0 Å². The van der Waals surface area contributed by atoms with E-state index >= 15 is 0 Å². The highest BCUT2D eigenvalue weighted by molar-refractivity contribution is 7.20. The number of pyridine rings is 1. The van der Waals surface area contributed by atoms with E-state index in [0.717, 1.165) is 0 Å². The Kier molecular flexibility index (Phi) is 3.89. The lowest BCUT2D eigenvalue weighted by molar-refractivity contribution is 0.220. The molecule has 0 aliphatic heterocycles. The van der Waals surface area contributed by atoms with Crippen molar-refractivity contribution in [3.8, 4) is 5.75 Å². The highest BCUT2D eigenvalue weighted by atomic mass is 35.5. The number of ether oxygens (including phenoxy) is 1. The molecule has 90 valence electrons. The van der Waals surface area contributed by atoms with Crippen LogP contribution in [-0.4, -0.2) is 17.2 Å². The number of aromatic nitrogens is 1. The minimum absolute atomic E-state index is 0.477. The zero-order chi connectivity index (χ0) is 12.4. The molecule has 6 heteroatoms. The second kappa shape index (κ2) is 5.23. The Morgan fingerprint density at radius 2 is 2.12 bits per heavy atom. The maximum absolute atomic E-state index is 10.2. The van der Waals surface area contributed by atoms with E-state index in [1.54, 1.807) is 31.6 Å². The molecule has 17 heavy (non-hydrogen) atoms. The smallest absolute Gasteiger partial charge is 0.137 e. The topological polar surface area (TPSA) is 42.4 Å². The summed E-state index contributed by atoms with van der Waals surface area (Å²) in [5.41, 5.74) is 1.19. The van der Waals surface area contributed by atoms with Crippen LogP contribution in [0.2, 0.25) is 8.67 Å². The van der Waals surface area contributed by atoms with E-state index in [4.69, 9.17) is 27.9 Å². The molecule has 0 saturated heterocycles. The number of halogens is 2. The Morgan fingerprint density at radius 1 is 1.35 bits per heavy atom. The lowest BCUT2D eigenvalue weighted by Crippen LogP contribution is -2.00. The summed E-state index contributed by atoms with van der Waals surface area (Å²) in [5, 5.41) is 10.2. The summed E-state index contributed by atoms with van der Waals surface area (Å²) < 4.78 is 6.06. The van der Waals surface area contributed by atoms with Gasteiger partial charge in [-0.25, -0.2) is 0 Å². The number of nitrogens with zero attached hydrogens (tertiary/aromatic N) is 1. The first-order chi connectivity index (χ1) is 8.11. The van der Waals surface area contributed by atoms with Crippen LogP contribution in [0.15, 0.2) is 24.5 Å². The van der Waals surface area contributed by atoms with E-state index in [0.29, 0.717) is 25.5 Å². The van der Waals surface area contributed by atoms with Gasteiger partial charge in [0.2, 0.25) is 0 Å². The SMILES string of the molecule is COc1cncc(C(O)c2cc(Cl)sc2Cl)c1. The largest absolute Gasteiger partial charge is 0.495 e. The van der Waals surface area contributed by atoms with Crippen LogP contribution in [0, 0.1) is 0 Å². The summed E-state index contributed by atoms with van der Waals surface area (Å²) in [6.07, 6.45) is 2.28. The first kappa shape index (κ1) is 12.6. The van der Waals surface area contributed by atoms with Gasteiger partial charge in [0.25, 0.3) is 0 Å². The van der Waals surface area contributed by atoms with Crippen molar-refractivity contribution < 1.29 is 9.84 Å². The summed E-state index contributed by atoms with van der Waals surface area (Å²) >= 11 is 13.0. The van der Waals surface area contributed by atoms with Crippen LogP contribution in [0.3, 0.4) is 0 Å². The number of hydrogen-bond donors (Lipinski definition) is 1. The van der Waals surface area contributed by atoms with Gasteiger partial charge in [0.15, 0.2) is 0 Å². The van der Waals surface area contributed by atoms with Crippen LogP contribution >= 0.6 is 34.5 Å². The molecule has 0 aliphatic carbocycles. The van der Waals surface area contributed by atoms with Crippen LogP contribution in [0.4, 0.5) is 0 Å². The molecule has 2 aromatic rings. The highest BCUT2D eigenvalue weighted by Gasteiger charge is 2.17. The first-order valence-electron chi connectivity index (χ1n) is 4.73. The predicted octanol–water partition coefficient (Wildman–Crippen LogP) is 3.54. The Hall–Kier alpha value is -0.810. The fraction of sp³-hybridized carbons (Fsp3) is 0.182. The molecule has 0 bridgehead atoms. The number of hydrogen-bond acceptors (Lipinski definition) is 4. The van der Waals surface area contributed by atoms with Crippen molar-refractivity contribution in [2.24, 2.45) is 0 Å². The van der Waals surface area contributed by atoms with Gasteiger partial charge in [0.1, 0.15) is 16.2 Å². The molecular formula is C11H9Cl2NO2S. The van der Waals surface area contributed by atoms with Crippen LogP contribution < -0.4 is 4.74 Å². The van der Waals surface area contributed by atoms with Gasteiger partial charge in [0, 0.05) is 17.3 Å². The van der Waals surface area contributed by atoms with E-state index in [2.05, 4.69) is 4.98 Å². The van der Waals surface area contributed by atoms with E-state index in [9.17, 15) is 5.11 Å². The Balaban J connectivity index is 2.36. The third kappa shape index (κ3) is 2.72. The van der Waals surface area contributed by atoms with Crippen molar-refractivity contribution in [3.05, 3.63) is 44.3 Å². The Morgan fingerprint density at radius 3 is 2.71 bits per heavy atom. The van der Waals surface area contributed by atoms with Gasteiger partial charge < -0.3 is 9.84 Å². The first-order valence-corrected chi connectivity index (χ1v) is 6.31. The van der Waals surface area contributed by atoms with Crippen molar-refractivity contribution in [1.82, 2.24) is 4.98 Å². The summed E-state index contributed by atoms with van der Waals surface area (Å²) in [6.45, 7) is 0. The number of aliphatic hydroxyl groups excluding tert-OH is 1. The molecule has 0 saturated carbocycles. The molecule has 0 spiro atoms. The second-order valence-electron chi connectivity index (χ2n) is 3.34. The Bertz CT molecular complexity index is 530. The average Bonchev–Trinajstić information content (AvgIpc) is 2.67. The second-order valence-corrected chi connectivity index (χ2v) is 5.63. The van der Waals surface area contributed by atoms with Gasteiger partial charge in [-0.1, -0.05) is 23.2 Å². The minimum atomic E-state index is -0.853. The van der Waals surface area contributed by atoms with Crippen molar-refractivity contribution in [1.29, 1.82) is 0 Å². The van der Waals surface area contributed by atoms with Crippen LogP contribution in [0.1, 0.15) is 17.2 Å². The van der Waals surface area contributed by atoms with E-state index < -0.39 is 6.10 Å². The minimum Gasteiger partial charge on any atom is -0.495 e. The van der Waals surface area contributed by atoms with E-state index in [1.807, 2.05) is 0 Å². The molecule has 2 aromatic heterocycles. The van der Waals surface area contributed by atoms with Crippen LogP contribution in [-0.2, 0) is 0 Å². The van der Waals surface area contributed by atoms with Crippen molar-refractivity contribution in [2.75, 3.05) is 7.11 Å². The lowest BCUT2D eigenvalue weighted by Gasteiger charge is -2.10. The van der Waals surface area contributed by atoms with Crippen molar-refractivity contribution in [3.63, 3.8) is 0 Å². The highest BCUT2D eigenvalue weighted by Crippen LogP contribution is 2.37. The molecule has 2 heterocycles. The zero-order valence-corrected chi connectivity index (χ0v) is 11.2. The van der Waals surface area contributed by atoms with Crippen molar-refractivity contribution >= 4 is 34.5 Å². The summed E-state index contributed by atoms with van der Waals surface area (Å²) in [6, 6.07) is 3.36. The number of thiophene rings is 1. The standard InChI is InChI=1S/C11H9Cl2NO2S/c1-16-7-2-6(4-14-5-7)10(15)8-3-9(12)17-11(8)13/h2-5,10,15H,1H3. The molecule has 0 amide bonds. The third-order valence-corrected chi connectivity index (χ3v) is 3.78. The number of rotatable bonds is 3. The van der Waals surface area contributed by atoms with Gasteiger partial charge in [0.05, 0.1) is 17.6 Å². The quantitative estimate of drug-likeness (QED) is 0.940. The van der Waals surface area contributed by atoms with Gasteiger partial charge in [-0.05, 0) is 12.1 Å². The normalized spacial score (nSPS) is 12.5. The van der Waals surface area contributed by atoms with Crippen LogP contribution in [0.5, 0.6) is 5.75 Å². The van der Waals surface area contributed by atoms with Gasteiger partial charge in [-0.3, -0.25) is 4.98 Å². The molecule has 1 unspecified atom stereocenters. The molecule has 2 rings (SSSR count). The lowest BCUT2D eigenvalue weighted by atomic mass is 10.1. The summed E-state index contributed by atoms with van der Waals surface area (Å²) in [5.74, 6) is 0.582. The number of methoxy groups -OCH3 is 1. The summed E-state index contributed by atoms with van der Waals surface area (Å²) in [7, 11) is 1.54. The monoisotopic (exact) mass is 289 g/mol. The summed E-state index contributed by atoms with van der Waals surface area (Å²) in [4.78, 5) is 3.98. The number of aliphatic hydroxyl groups is 1. The predicted molar refractivity (Wildman–Crippen MR) is 69.2 cm³/mol. The molecule has 3 nitrogen and oxygen atoms in total. The molecular weight excluding hydrogens is 281 g/mol. The maximum Gasteiger partial charge on any atom is 0.137 e. The fourth-order valence-electron chi connectivity index (χ4n) is 1.42. The third-order valence-electron chi connectivity index (χ3n) is 2.26. The molecule has 1 atom stereocenters. The zero-order valence-electron chi connectivity index (χ0n) is 8.85. The maximum atomic E-state index is 10.2. The van der Waals surface area contributed by atoms with E-state index in [-0.39, 0.29) is 0 Å². The molecule has 0 fully saturated rings. The van der Waals surface area contributed by atoms with E-state index in [1.165, 1.54) is 11.3 Å². The molecule has 1 N–H and O–H groups in total. The molecule has 0 aromatic carbocycles. The van der Waals surface area contributed by atoms with Gasteiger partial charge in [-0.15, -0.1) is 11.3 Å². The average molecular weight is 290 g/mol.